The SMILES string of the molecule is [SiH3][Si](Cl)(Cl)Cl. The van der Waals surface area contributed by atoms with Crippen LogP contribution in [-0.4, -0.2) is 15.3 Å². The second-order valence-electron chi connectivity index (χ2n) is 0.781. The third kappa shape index (κ3) is 34.1. The topological polar surface area (TPSA) is 0 Å². The van der Waals surface area contributed by atoms with Crippen LogP contribution in [0.5, 0.6) is 0 Å². The molecule has 0 amide bonds. The van der Waals surface area contributed by atoms with Crippen LogP contribution >= 0.6 is 33.2 Å². The molecule has 0 aliphatic carbocycles. The molecule has 5 heteroatoms. The third-order valence-electron chi connectivity index (χ3n) is 0. The molecule has 0 fully saturated rings. The highest BCUT2D eigenvalue weighted by atomic mass is 35.8. The van der Waals surface area contributed by atoms with Crippen LogP contribution in [0.3, 0.4) is 0 Å². The maximum Gasteiger partial charge on any atom is 0.313 e. The average Bonchev–Trinajstić information content (AvgIpc) is 0.722. The van der Waals surface area contributed by atoms with Gasteiger partial charge in [-0.1, -0.05) is 0 Å². The Hall–Kier alpha value is 1.30. The first-order valence-corrected chi connectivity index (χ1v) is 9.60. The van der Waals surface area contributed by atoms with E-state index in [1.54, 1.807) is 0 Å². The van der Waals surface area contributed by atoms with E-state index in [2.05, 4.69) is 0 Å². The van der Waals surface area contributed by atoms with Crippen molar-refractivity contribution in [3.63, 3.8) is 0 Å². The molecule has 0 atom stereocenters. The van der Waals surface area contributed by atoms with Crippen LogP contribution in [0.4, 0.5) is 0 Å². The molecule has 0 aromatic carbocycles. The molecule has 0 nitrogen and oxygen atoms in total. The maximum atomic E-state index is 5.26. The van der Waals surface area contributed by atoms with Gasteiger partial charge in [0.1, 0.15) is 0 Å². The molecule has 32 valence electrons. The van der Waals surface area contributed by atoms with E-state index in [1.807, 2.05) is 0 Å². The van der Waals surface area contributed by atoms with Gasteiger partial charge in [-0.2, -0.15) is 0 Å². The lowest BCUT2D eigenvalue weighted by atomic mass is 26.9. The summed E-state index contributed by atoms with van der Waals surface area (Å²) in [6, 6.07) is 0. The lowest BCUT2D eigenvalue weighted by Crippen LogP contribution is -2.06. The number of rotatable bonds is 0. The summed E-state index contributed by atoms with van der Waals surface area (Å²) in [5.74, 6) is 0. The van der Waals surface area contributed by atoms with Gasteiger partial charge in [-0.05, 0) is 0 Å². The van der Waals surface area contributed by atoms with Gasteiger partial charge in [-0.25, -0.2) is 0 Å². The fourth-order valence-corrected chi connectivity index (χ4v) is 0. The highest BCUT2D eigenvalue weighted by Gasteiger charge is 2.13. The molecule has 0 spiro atoms. The quantitative estimate of drug-likeness (QED) is 0.362. The summed E-state index contributed by atoms with van der Waals surface area (Å²) in [6.07, 6.45) is 0. The Kier molecular flexibility index (Phi) is 2.32. The molecule has 0 aromatic rings. The Morgan fingerprint density at radius 2 is 1.20 bits per heavy atom. The second-order valence-corrected chi connectivity index (χ2v) is 21.1. The fourth-order valence-electron chi connectivity index (χ4n) is 0. The van der Waals surface area contributed by atoms with Crippen LogP contribution < -0.4 is 0 Å². The van der Waals surface area contributed by atoms with Crippen molar-refractivity contribution < 1.29 is 0 Å². The predicted octanol–water partition coefficient (Wildman–Crippen LogP) is 0.504. The molecule has 0 saturated heterocycles. The normalized spacial score (nSPS) is 12.6. The molecule has 5 heavy (non-hydrogen) atoms. The number of hydrogen-bond acceptors (Lipinski definition) is 0. The minimum Gasteiger partial charge on any atom is -0.131 e. The first kappa shape index (κ1) is 6.30. The molecule has 0 aliphatic heterocycles. The van der Waals surface area contributed by atoms with E-state index in [9.17, 15) is 0 Å². The van der Waals surface area contributed by atoms with Crippen molar-refractivity contribution in [1.82, 2.24) is 0 Å². The zero-order valence-electron chi connectivity index (χ0n) is 2.63. The van der Waals surface area contributed by atoms with Crippen molar-refractivity contribution in [2.75, 3.05) is 0 Å². The second kappa shape index (κ2) is 1.84. The van der Waals surface area contributed by atoms with Crippen molar-refractivity contribution in [1.29, 1.82) is 0 Å². The van der Waals surface area contributed by atoms with Gasteiger partial charge < -0.3 is 0 Å². The summed E-state index contributed by atoms with van der Waals surface area (Å²) in [6.45, 7) is 0. The molecule has 0 aliphatic rings. The van der Waals surface area contributed by atoms with Gasteiger partial charge >= 0.3 is 5.52 Å². The largest absolute Gasteiger partial charge is 0.313 e. The van der Waals surface area contributed by atoms with E-state index in [4.69, 9.17) is 33.2 Å². The molecule has 0 unspecified atom stereocenters. The lowest BCUT2D eigenvalue weighted by Gasteiger charge is -1.90. The minimum atomic E-state index is -2.06. The summed E-state index contributed by atoms with van der Waals surface area (Å²) >= 11 is 15.8. The van der Waals surface area contributed by atoms with Gasteiger partial charge in [0.2, 0.25) is 0 Å². The van der Waals surface area contributed by atoms with Gasteiger partial charge in [0, 0.05) is 0 Å². The van der Waals surface area contributed by atoms with Crippen molar-refractivity contribution in [3.8, 4) is 0 Å². The Morgan fingerprint density at radius 1 is 1.20 bits per heavy atom. The van der Waals surface area contributed by atoms with Crippen LogP contribution in [0.2, 0.25) is 0 Å². The molecular formula is H3Cl3Si2. The zero-order chi connectivity index (χ0) is 4.50. The summed E-state index contributed by atoms with van der Waals surface area (Å²) in [5.41, 5.74) is -2.06. The molecule has 0 radical (unpaired) electrons. The first-order valence-electron chi connectivity index (χ1n) is 1.07. The number of hydrogen-bond donors (Lipinski definition) is 0. The Morgan fingerprint density at radius 3 is 1.20 bits per heavy atom. The minimum absolute atomic E-state index is 0.743. The van der Waals surface area contributed by atoms with Gasteiger partial charge in [-0.3, -0.25) is 0 Å². The van der Waals surface area contributed by atoms with Crippen molar-refractivity contribution in [2.45, 2.75) is 0 Å². The third-order valence-corrected chi connectivity index (χ3v) is 0. The highest BCUT2D eigenvalue weighted by molar-refractivity contribution is 7.79. The summed E-state index contributed by atoms with van der Waals surface area (Å²) in [7, 11) is 0.743. The van der Waals surface area contributed by atoms with E-state index in [1.165, 1.54) is 0 Å². The Balaban J connectivity index is 3.02. The smallest absolute Gasteiger partial charge is 0.131 e. The standard InChI is InChI=1S/Cl3H3Si2/c1-5(2,3)4/h4H3. The molecule has 0 saturated carbocycles. The highest BCUT2D eigenvalue weighted by Crippen LogP contribution is 2.12. The van der Waals surface area contributed by atoms with Crippen molar-refractivity contribution >= 4 is 48.5 Å². The predicted molar refractivity (Wildman–Crippen MR) is 33.3 cm³/mol. The van der Waals surface area contributed by atoms with E-state index < -0.39 is 5.52 Å². The first-order chi connectivity index (χ1) is 2.00. The van der Waals surface area contributed by atoms with Crippen LogP contribution in [0, 0.1) is 0 Å². The molecular weight excluding hydrogens is 163 g/mol. The van der Waals surface area contributed by atoms with Gasteiger partial charge in [0.15, 0.2) is 0 Å². The van der Waals surface area contributed by atoms with E-state index >= 15 is 0 Å². The van der Waals surface area contributed by atoms with Crippen molar-refractivity contribution in [3.05, 3.63) is 0 Å². The maximum absolute atomic E-state index is 5.26. The van der Waals surface area contributed by atoms with Crippen LogP contribution in [0.15, 0.2) is 0 Å². The summed E-state index contributed by atoms with van der Waals surface area (Å²) in [5, 5.41) is 0. The zero-order valence-corrected chi connectivity index (χ0v) is 7.90. The van der Waals surface area contributed by atoms with Crippen LogP contribution in [-0.2, 0) is 0 Å². The van der Waals surface area contributed by atoms with E-state index in [0.29, 0.717) is 0 Å². The molecule has 0 N–H and O–H groups in total. The van der Waals surface area contributed by atoms with Crippen LogP contribution in [0.1, 0.15) is 0 Å². The summed E-state index contributed by atoms with van der Waals surface area (Å²) in [4.78, 5) is 0. The summed E-state index contributed by atoms with van der Waals surface area (Å²) < 4.78 is 0. The number of halogens is 3. The Bertz CT molecular complexity index is 20.4. The molecule has 0 aromatic heterocycles. The van der Waals surface area contributed by atoms with E-state index in [0.717, 1.165) is 9.76 Å². The average molecular weight is 166 g/mol. The monoisotopic (exact) mass is 164 g/mol. The fraction of sp³-hybridized carbons (Fsp3) is 0. The molecule has 0 bridgehead atoms. The van der Waals surface area contributed by atoms with E-state index in [-0.39, 0.29) is 0 Å². The Labute approximate surface area is 48.7 Å². The van der Waals surface area contributed by atoms with Crippen molar-refractivity contribution in [2.24, 2.45) is 0 Å². The van der Waals surface area contributed by atoms with Gasteiger partial charge in [0.25, 0.3) is 0 Å². The van der Waals surface area contributed by atoms with Gasteiger partial charge in [0.05, 0.1) is 9.76 Å². The van der Waals surface area contributed by atoms with Crippen LogP contribution in [0.25, 0.3) is 0 Å². The lowest BCUT2D eigenvalue weighted by molar-refractivity contribution is 3.79. The molecule has 0 heterocycles. The molecule has 0 rings (SSSR count). The van der Waals surface area contributed by atoms with Gasteiger partial charge in [-0.15, -0.1) is 33.2 Å².